The number of methoxy groups -OCH3 is 2. The first kappa shape index (κ1) is 19.3. The Kier molecular flexibility index (Phi) is 5.18. The quantitative estimate of drug-likeness (QED) is 0.842. The zero-order chi connectivity index (χ0) is 20.4. The van der Waals surface area contributed by atoms with Crippen molar-refractivity contribution in [2.75, 3.05) is 32.6 Å². The van der Waals surface area contributed by atoms with Gasteiger partial charge < -0.3 is 19.7 Å². The number of rotatable bonds is 5. The highest BCUT2D eigenvalue weighted by Crippen LogP contribution is 2.59. The molecular formula is C23H26N2O4. The minimum atomic E-state index is -0.0541. The second kappa shape index (κ2) is 7.78. The normalized spacial score (nSPS) is 19.5. The monoisotopic (exact) mass is 394 g/mol. The number of carbonyl (C=O) groups excluding carboxylic acids is 2. The lowest BCUT2D eigenvalue weighted by atomic mass is 9.90. The number of carbonyl (C=O) groups is 2. The van der Waals surface area contributed by atoms with Crippen LogP contribution >= 0.6 is 0 Å². The van der Waals surface area contributed by atoms with Gasteiger partial charge in [0, 0.05) is 24.7 Å². The van der Waals surface area contributed by atoms with E-state index in [-0.39, 0.29) is 23.1 Å². The number of likely N-dealkylation sites (tertiary alicyclic amines) is 1. The number of anilines is 1. The van der Waals surface area contributed by atoms with Gasteiger partial charge in [0.05, 0.1) is 19.8 Å². The van der Waals surface area contributed by atoms with E-state index < -0.39 is 0 Å². The first-order chi connectivity index (χ1) is 14.1. The molecule has 1 atom stereocenters. The van der Waals surface area contributed by atoms with E-state index in [4.69, 9.17) is 9.47 Å². The number of piperidine rings is 1. The topological polar surface area (TPSA) is 67.9 Å². The van der Waals surface area contributed by atoms with Gasteiger partial charge in [-0.1, -0.05) is 24.3 Å². The van der Waals surface area contributed by atoms with E-state index >= 15 is 0 Å². The third-order valence-electron chi connectivity index (χ3n) is 6.23. The van der Waals surface area contributed by atoms with Crippen LogP contribution in [0.25, 0.3) is 0 Å². The zero-order valence-corrected chi connectivity index (χ0v) is 16.8. The van der Waals surface area contributed by atoms with Crippen molar-refractivity contribution in [3.63, 3.8) is 0 Å². The van der Waals surface area contributed by atoms with Crippen molar-refractivity contribution < 1.29 is 19.1 Å². The lowest BCUT2D eigenvalue weighted by Crippen LogP contribution is -2.40. The van der Waals surface area contributed by atoms with Gasteiger partial charge in [-0.2, -0.15) is 0 Å². The predicted octanol–water partition coefficient (Wildman–Crippen LogP) is 3.58. The third kappa shape index (κ3) is 3.67. The number of hydrogen-bond donors (Lipinski definition) is 1. The smallest absolute Gasteiger partial charge is 0.257 e. The summed E-state index contributed by atoms with van der Waals surface area (Å²) in [4.78, 5) is 27.5. The van der Waals surface area contributed by atoms with Crippen molar-refractivity contribution in [3.8, 4) is 11.5 Å². The molecule has 0 aromatic heterocycles. The number of hydrogen-bond acceptors (Lipinski definition) is 4. The molecule has 1 spiro atoms. The first-order valence-corrected chi connectivity index (χ1v) is 9.94. The second-order valence-corrected chi connectivity index (χ2v) is 7.81. The van der Waals surface area contributed by atoms with Gasteiger partial charge in [-0.05, 0) is 48.9 Å². The molecule has 0 radical (unpaired) electrons. The van der Waals surface area contributed by atoms with E-state index in [9.17, 15) is 9.59 Å². The second-order valence-electron chi connectivity index (χ2n) is 7.81. The standard InChI is InChI=1S/C23H26N2O4/c1-28-19-10-6-9-17(20(19)29-2)22(27)25-13-11-23(12-14-25)15-18(23)21(26)24-16-7-4-3-5-8-16/h3-10,18H,11-15H2,1-2H3,(H,24,26). The highest BCUT2D eigenvalue weighted by molar-refractivity contribution is 5.98. The number of para-hydroxylation sites is 2. The predicted molar refractivity (Wildman–Crippen MR) is 110 cm³/mol. The van der Waals surface area contributed by atoms with E-state index in [1.165, 1.54) is 0 Å². The van der Waals surface area contributed by atoms with Crippen LogP contribution in [-0.2, 0) is 4.79 Å². The van der Waals surface area contributed by atoms with E-state index in [1.807, 2.05) is 35.2 Å². The molecule has 1 N–H and O–H groups in total. The molecule has 2 fully saturated rings. The fourth-order valence-electron chi connectivity index (χ4n) is 4.40. The number of amides is 2. The third-order valence-corrected chi connectivity index (χ3v) is 6.23. The fourth-order valence-corrected chi connectivity index (χ4v) is 4.40. The van der Waals surface area contributed by atoms with E-state index in [2.05, 4.69) is 5.32 Å². The average molecular weight is 394 g/mol. The highest BCUT2D eigenvalue weighted by atomic mass is 16.5. The summed E-state index contributed by atoms with van der Waals surface area (Å²) in [5.74, 6) is 1.08. The van der Waals surface area contributed by atoms with Crippen LogP contribution in [0.5, 0.6) is 11.5 Å². The summed E-state index contributed by atoms with van der Waals surface area (Å²) in [6, 6.07) is 14.9. The molecule has 2 amide bonds. The molecule has 2 aromatic rings. The number of nitrogens with zero attached hydrogens (tertiary/aromatic N) is 1. The summed E-state index contributed by atoms with van der Waals surface area (Å²) >= 11 is 0. The average Bonchev–Trinajstić information content (AvgIpc) is 3.47. The largest absolute Gasteiger partial charge is 0.493 e. The Bertz CT molecular complexity index is 904. The molecule has 1 unspecified atom stereocenters. The maximum Gasteiger partial charge on any atom is 0.257 e. The molecule has 6 nitrogen and oxygen atoms in total. The van der Waals surface area contributed by atoms with Gasteiger partial charge in [-0.15, -0.1) is 0 Å². The highest BCUT2D eigenvalue weighted by Gasteiger charge is 2.58. The molecule has 6 heteroatoms. The molecule has 29 heavy (non-hydrogen) atoms. The van der Waals surface area contributed by atoms with Crippen LogP contribution in [0.4, 0.5) is 5.69 Å². The van der Waals surface area contributed by atoms with Crippen LogP contribution in [0.1, 0.15) is 29.6 Å². The lowest BCUT2D eigenvalue weighted by molar-refractivity contribution is -0.118. The molecular weight excluding hydrogens is 368 g/mol. The Balaban J connectivity index is 1.38. The first-order valence-electron chi connectivity index (χ1n) is 9.94. The SMILES string of the molecule is COc1cccc(C(=O)N2CCC3(CC2)CC3C(=O)Nc2ccccc2)c1OC. The van der Waals surface area contributed by atoms with Gasteiger partial charge in [0.15, 0.2) is 11.5 Å². The molecule has 2 aliphatic rings. The molecule has 4 rings (SSSR count). The zero-order valence-electron chi connectivity index (χ0n) is 16.8. The Morgan fingerprint density at radius 2 is 1.72 bits per heavy atom. The molecule has 1 saturated carbocycles. The van der Waals surface area contributed by atoms with Crippen molar-refractivity contribution in [1.29, 1.82) is 0 Å². The Morgan fingerprint density at radius 3 is 2.38 bits per heavy atom. The number of benzene rings is 2. The number of ether oxygens (including phenoxy) is 2. The maximum atomic E-state index is 13.0. The minimum absolute atomic E-state index is 0.0336. The van der Waals surface area contributed by atoms with Crippen molar-refractivity contribution in [1.82, 2.24) is 4.90 Å². The summed E-state index contributed by atoms with van der Waals surface area (Å²) in [7, 11) is 3.10. The summed E-state index contributed by atoms with van der Waals surface area (Å²) in [5.41, 5.74) is 1.38. The maximum absolute atomic E-state index is 13.0. The van der Waals surface area contributed by atoms with Crippen molar-refractivity contribution in [2.45, 2.75) is 19.3 Å². The Hall–Kier alpha value is -3.02. The van der Waals surface area contributed by atoms with Crippen LogP contribution in [0, 0.1) is 11.3 Å². The van der Waals surface area contributed by atoms with E-state index in [1.54, 1.807) is 32.4 Å². The minimum Gasteiger partial charge on any atom is -0.493 e. The van der Waals surface area contributed by atoms with E-state index in [0.717, 1.165) is 24.9 Å². The molecule has 2 aromatic carbocycles. The Morgan fingerprint density at radius 1 is 1.00 bits per heavy atom. The van der Waals surface area contributed by atoms with Crippen LogP contribution in [0.2, 0.25) is 0 Å². The van der Waals surface area contributed by atoms with E-state index in [0.29, 0.717) is 30.2 Å². The van der Waals surface area contributed by atoms with Crippen LogP contribution in [0.3, 0.4) is 0 Å². The molecule has 0 bridgehead atoms. The fraction of sp³-hybridized carbons (Fsp3) is 0.391. The molecule has 1 heterocycles. The van der Waals surface area contributed by atoms with Gasteiger partial charge in [0.1, 0.15) is 0 Å². The summed E-state index contributed by atoms with van der Waals surface area (Å²) in [6.07, 6.45) is 2.59. The van der Waals surface area contributed by atoms with Gasteiger partial charge >= 0.3 is 0 Å². The molecule has 1 saturated heterocycles. The van der Waals surface area contributed by atoms with Gasteiger partial charge in [-0.3, -0.25) is 9.59 Å². The molecule has 1 aliphatic heterocycles. The molecule has 1 aliphatic carbocycles. The van der Waals surface area contributed by atoms with Crippen molar-refractivity contribution in [2.24, 2.45) is 11.3 Å². The summed E-state index contributed by atoms with van der Waals surface area (Å²) in [6.45, 7) is 1.29. The van der Waals surface area contributed by atoms with Crippen LogP contribution < -0.4 is 14.8 Å². The van der Waals surface area contributed by atoms with Crippen LogP contribution in [-0.4, -0.2) is 44.0 Å². The summed E-state index contributed by atoms with van der Waals surface area (Å²) < 4.78 is 10.7. The summed E-state index contributed by atoms with van der Waals surface area (Å²) in [5, 5.41) is 3.01. The van der Waals surface area contributed by atoms with Gasteiger partial charge in [0.25, 0.3) is 5.91 Å². The number of nitrogens with one attached hydrogen (secondary N) is 1. The molecule has 152 valence electrons. The van der Waals surface area contributed by atoms with Crippen molar-refractivity contribution >= 4 is 17.5 Å². The van der Waals surface area contributed by atoms with Crippen molar-refractivity contribution in [3.05, 3.63) is 54.1 Å². The van der Waals surface area contributed by atoms with Gasteiger partial charge in [-0.25, -0.2) is 0 Å². The Labute approximate surface area is 170 Å². The van der Waals surface area contributed by atoms with Gasteiger partial charge in [0.2, 0.25) is 5.91 Å². The lowest BCUT2D eigenvalue weighted by Gasteiger charge is -2.33. The van der Waals surface area contributed by atoms with Crippen LogP contribution in [0.15, 0.2) is 48.5 Å².